The molecule has 2 aliphatic rings. The van der Waals surface area contributed by atoms with Gasteiger partial charge in [0, 0.05) is 22.9 Å². The Hall–Kier alpha value is -2.24. The van der Waals surface area contributed by atoms with Crippen LogP contribution < -0.4 is 5.19 Å². The van der Waals surface area contributed by atoms with Gasteiger partial charge in [-0.25, -0.2) is 8.42 Å². The van der Waals surface area contributed by atoms with E-state index in [1.165, 1.54) is 29.2 Å². The van der Waals surface area contributed by atoms with Crippen LogP contribution in [-0.2, 0) is 22.7 Å². The van der Waals surface area contributed by atoms with Crippen molar-refractivity contribution in [2.75, 3.05) is 0 Å². The van der Waals surface area contributed by atoms with E-state index in [4.69, 9.17) is 4.98 Å². The van der Waals surface area contributed by atoms with E-state index in [9.17, 15) is 8.42 Å². The van der Waals surface area contributed by atoms with E-state index >= 15 is 0 Å². The second-order valence-corrected chi connectivity index (χ2v) is 16.1. The van der Waals surface area contributed by atoms with Crippen molar-refractivity contribution < 1.29 is 8.42 Å². The Bertz CT molecular complexity index is 1260. The highest BCUT2D eigenvalue weighted by atomic mass is 32.2. The van der Waals surface area contributed by atoms with Crippen molar-refractivity contribution in [3.05, 3.63) is 59.8 Å². The molecule has 0 fully saturated rings. The van der Waals surface area contributed by atoms with Crippen molar-refractivity contribution >= 4 is 23.1 Å². The molecule has 0 spiro atoms. The van der Waals surface area contributed by atoms with E-state index in [1.807, 2.05) is 24.3 Å². The molecule has 0 bridgehead atoms. The van der Waals surface area contributed by atoms with Crippen LogP contribution in [-0.4, -0.2) is 21.5 Å². The van der Waals surface area contributed by atoms with Crippen LogP contribution in [0.25, 0.3) is 22.4 Å². The normalized spacial score (nSPS) is 16.8. The summed E-state index contributed by atoms with van der Waals surface area (Å²) in [4.78, 5) is 5.76. The standard InChI is InChI=1S/C24H25NO2SSi/c1-29(2,3)23-15-25-24(19-10-5-4-9-18(19)23)16-12-13-22-20(14-16)17-8-6-7-11-21(17)28(22,26)27/h6-8,11-15H,4-5,9-10H2,1-3H3. The zero-order valence-electron chi connectivity index (χ0n) is 17.1. The van der Waals surface area contributed by atoms with Gasteiger partial charge in [-0.05, 0) is 60.2 Å². The molecule has 0 unspecified atom stereocenters. The highest BCUT2D eigenvalue weighted by molar-refractivity contribution is 7.92. The number of pyridine rings is 1. The molecule has 1 aliphatic heterocycles. The highest BCUT2D eigenvalue weighted by Gasteiger charge is 2.33. The van der Waals surface area contributed by atoms with Crippen molar-refractivity contribution in [2.24, 2.45) is 0 Å². The van der Waals surface area contributed by atoms with Gasteiger partial charge in [-0.3, -0.25) is 4.98 Å². The fourth-order valence-corrected chi connectivity index (χ4v) is 8.11. The minimum Gasteiger partial charge on any atom is -0.256 e. The second kappa shape index (κ2) is 6.38. The van der Waals surface area contributed by atoms with E-state index in [-0.39, 0.29) is 0 Å². The number of hydrogen-bond donors (Lipinski definition) is 0. The number of hydrogen-bond acceptors (Lipinski definition) is 3. The molecule has 2 heterocycles. The molecule has 0 amide bonds. The maximum Gasteiger partial charge on any atom is 0.207 e. The Kier molecular flexibility index (Phi) is 4.13. The summed E-state index contributed by atoms with van der Waals surface area (Å²) in [7, 11) is -4.88. The van der Waals surface area contributed by atoms with E-state index in [2.05, 4.69) is 25.8 Å². The average molecular weight is 420 g/mol. The predicted molar refractivity (Wildman–Crippen MR) is 120 cm³/mol. The molecule has 0 saturated carbocycles. The Labute approximate surface area is 173 Å². The van der Waals surface area contributed by atoms with Crippen LogP contribution in [0.3, 0.4) is 0 Å². The molecule has 1 aromatic heterocycles. The molecule has 0 atom stereocenters. The molecular weight excluding hydrogens is 394 g/mol. The van der Waals surface area contributed by atoms with Gasteiger partial charge < -0.3 is 0 Å². The van der Waals surface area contributed by atoms with Gasteiger partial charge in [-0.15, -0.1) is 0 Å². The van der Waals surface area contributed by atoms with Crippen LogP contribution in [0, 0.1) is 0 Å². The van der Waals surface area contributed by atoms with Crippen molar-refractivity contribution in [1.82, 2.24) is 4.98 Å². The number of aromatic nitrogens is 1. The van der Waals surface area contributed by atoms with E-state index in [0.717, 1.165) is 35.2 Å². The fourth-order valence-electron chi connectivity index (χ4n) is 4.81. The van der Waals surface area contributed by atoms with Crippen LogP contribution >= 0.6 is 0 Å². The minimum atomic E-state index is -3.42. The third kappa shape index (κ3) is 2.82. The Morgan fingerprint density at radius 3 is 2.31 bits per heavy atom. The van der Waals surface area contributed by atoms with Crippen LogP contribution in [0.1, 0.15) is 24.0 Å². The first-order valence-electron chi connectivity index (χ1n) is 10.3. The summed E-state index contributed by atoms with van der Waals surface area (Å²) in [6.07, 6.45) is 6.72. The van der Waals surface area contributed by atoms with Gasteiger partial charge >= 0.3 is 0 Å². The van der Waals surface area contributed by atoms with Gasteiger partial charge in [0.15, 0.2) is 0 Å². The lowest BCUT2D eigenvalue weighted by atomic mass is 9.88. The van der Waals surface area contributed by atoms with Crippen molar-refractivity contribution in [3.8, 4) is 22.4 Å². The van der Waals surface area contributed by atoms with Gasteiger partial charge in [0.25, 0.3) is 0 Å². The van der Waals surface area contributed by atoms with Crippen molar-refractivity contribution in [3.63, 3.8) is 0 Å². The zero-order valence-corrected chi connectivity index (χ0v) is 18.9. The topological polar surface area (TPSA) is 47.0 Å². The summed E-state index contributed by atoms with van der Waals surface area (Å²) in [5.74, 6) is 0. The first kappa shape index (κ1) is 18.8. The minimum absolute atomic E-state index is 0.412. The smallest absolute Gasteiger partial charge is 0.207 e. The van der Waals surface area contributed by atoms with Crippen LogP contribution in [0.4, 0.5) is 0 Å². The van der Waals surface area contributed by atoms with Gasteiger partial charge in [0.05, 0.1) is 23.6 Å². The molecule has 3 nitrogen and oxygen atoms in total. The summed E-state index contributed by atoms with van der Waals surface area (Å²) in [5, 5.41) is 1.48. The summed E-state index contributed by atoms with van der Waals surface area (Å²) >= 11 is 0. The Morgan fingerprint density at radius 1 is 0.862 bits per heavy atom. The van der Waals surface area contributed by atoms with E-state index in [1.54, 1.807) is 18.2 Å². The molecular formula is C24H25NO2SSi. The Balaban J connectivity index is 1.73. The lowest BCUT2D eigenvalue weighted by Gasteiger charge is -2.27. The number of rotatable bonds is 2. The summed E-state index contributed by atoms with van der Waals surface area (Å²) in [6.45, 7) is 7.15. The van der Waals surface area contributed by atoms with Gasteiger partial charge in [0.1, 0.15) is 0 Å². The number of nitrogens with zero attached hydrogens (tertiary/aromatic N) is 1. The molecule has 148 valence electrons. The van der Waals surface area contributed by atoms with Gasteiger partial charge in [0.2, 0.25) is 9.84 Å². The predicted octanol–water partition coefficient (Wildman–Crippen LogP) is 4.99. The number of sulfone groups is 1. The molecule has 2 aromatic carbocycles. The van der Waals surface area contributed by atoms with Gasteiger partial charge in [-0.1, -0.05) is 43.9 Å². The first-order chi connectivity index (χ1) is 13.8. The first-order valence-corrected chi connectivity index (χ1v) is 15.3. The molecule has 0 N–H and O–H groups in total. The second-order valence-electron chi connectivity index (χ2n) is 9.15. The van der Waals surface area contributed by atoms with Crippen LogP contribution in [0.2, 0.25) is 19.6 Å². The molecule has 1 aliphatic carbocycles. The molecule has 5 heteroatoms. The number of fused-ring (bicyclic) bond motifs is 4. The maximum absolute atomic E-state index is 12.9. The van der Waals surface area contributed by atoms with Crippen LogP contribution in [0.15, 0.2) is 58.5 Å². The summed E-state index contributed by atoms with van der Waals surface area (Å²) in [5.41, 5.74) is 6.55. The van der Waals surface area contributed by atoms with E-state index in [0.29, 0.717) is 9.79 Å². The summed E-state index contributed by atoms with van der Waals surface area (Å²) < 4.78 is 25.8. The van der Waals surface area contributed by atoms with Crippen molar-refractivity contribution in [1.29, 1.82) is 0 Å². The monoisotopic (exact) mass is 419 g/mol. The summed E-state index contributed by atoms with van der Waals surface area (Å²) in [6, 6.07) is 13.0. The largest absolute Gasteiger partial charge is 0.256 e. The fraction of sp³-hybridized carbons (Fsp3) is 0.292. The third-order valence-corrected chi connectivity index (χ3v) is 10.1. The molecule has 0 radical (unpaired) electrons. The quantitative estimate of drug-likeness (QED) is 0.430. The third-order valence-electron chi connectivity index (χ3n) is 6.22. The molecule has 5 rings (SSSR count). The van der Waals surface area contributed by atoms with Gasteiger partial charge in [-0.2, -0.15) is 0 Å². The average Bonchev–Trinajstić information content (AvgIpc) is 2.93. The number of benzene rings is 2. The highest BCUT2D eigenvalue weighted by Crippen LogP contribution is 2.44. The molecule has 29 heavy (non-hydrogen) atoms. The zero-order chi connectivity index (χ0) is 20.4. The SMILES string of the molecule is C[Si](C)(C)c1cnc(-c2ccc3c(c2)-c2ccccc2S3(=O)=O)c2c1CCCC2. The molecule has 3 aromatic rings. The lowest BCUT2D eigenvalue weighted by molar-refractivity contribution is 0.598. The maximum atomic E-state index is 12.9. The van der Waals surface area contributed by atoms with E-state index < -0.39 is 17.9 Å². The van der Waals surface area contributed by atoms with Crippen LogP contribution in [0.5, 0.6) is 0 Å². The Morgan fingerprint density at radius 2 is 1.55 bits per heavy atom. The van der Waals surface area contributed by atoms with Crippen molar-refractivity contribution in [2.45, 2.75) is 55.1 Å². The lowest BCUT2D eigenvalue weighted by Crippen LogP contribution is -2.42. The molecule has 0 saturated heterocycles.